The van der Waals surface area contributed by atoms with Crippen molar-refractivity contribution in [2.24, 2.45) is 68.5 Å². The van der Waals surface area contributed by atoms with Crippen LogP contribution in [-0.2, 0) is 14.3 Å². The highest BCUT2D eigenvalue weighted by Crippen LogP contribution is 2.78. The first-order valence-corrected chi connectivity index (χ1v) is 29.1. The van der Waals surface area contributed by atoms with Crippen LogP contribution in [-0.4, -0.2) is 121 Å². The van der Waals surface area contributed by atoms with Crippen molar-refractivity contribution in [2.75, 3.05) is 13.2 Å². The van der Waals surface area contributed by atoms with Gasteiger partial charge in [-0.25, -0.2) is 0 Å². The average molecular weight is 990 g/mol. The Labute approximate surface area is 423 Å². The van der Waals surface area contributed by atoms with Gasteiger partial charge in [-0.05, 0) is 139 Å². The van der Waals surface area contributed by atoms with Crippen molar-refractivity contribution < 1.29 is 55.1 Å². The van der Waals surface area contributed by atoms with Crippen LogP contribution in [0.5, 0.6) is 0 Å². The second kappa shape index (κ2) is 23.5. The number of unbranched alkanes of at least 4 members (excludes halogenated alkanes) is 7. The van der Waals surface area contributed by atoms with E-state index in [-0.39, 0.29) is 40.4 Å². The standard InChI is InChI=1S/C58H103NO11/c1-36(38-26-31-55(4)39(38)27-32-57(6)43(55)24-25-44-56(5)30-19-29-54(2,3)42(56)28-33-58(44,57)7)47(63)51(67)52(68)48(64)40(61)35-69-53-46(50(66)49(65)41(34-60)70-53)59-45(62)23-18-13-11-9-8-10-12-15-20-37-21-16-14-17-22-37/h36-44,46-53,60-61,63-68H,8-35H2,1-7H3,(H,59,62)/t36-,38+,39-,40-,41+,42-,43+,44+,46-,47+,48-,49+,50+,51+,52-,53-,55-,56-,57+,58+/m0/s1. The molecule has 20 atom stereocenters. The zero-order valence-electron chi connectivity index (χ0n) is 44.9. The fourth-order valence-electron chi connectivity index (χ4n) is 18.3. The number of carbonyl (C=O) groups excluding carboxylic acids is 1. The summed E-state index contributed by atoms with van der Waals surface area (Å²) in [6.07, 6.45) is 16.3. The van der Waals surface area contributed by atoms with Gasteiger partial charge in [-0.1, -0.05) is 138 Å². The number of carbonyl (C=O) groups is 1. The van der Waals surface area contributed by atoms with Gasteiger partial charge < -0.3 is 55.6 Å². The van der Waals surface area contributed by atoms with Gasteiger partial charge in [0.15, 0.2) is 6.29 Å². The summed E-state index contributed by atoms with van der Waals surface area (Å²) in [6, 6.07) is -1.25. The van der Waals surface area contributed by atoms with Crippen molar-refractivity contribution >= 4 is 5.91 Å². The summed E-state index contributed by atoms with van der Waals surface area (Å²) in [6.45, 7) is 16.2. The van der Waals surface area contributed by atoms with Crippen LogP contribution in [0, 0.1) is 68.5 Å². The maximum Gasteiger partial charge on any atom is 0.220 e. The van der Waals surface area contributed by atoms with Crippen molar-refractivity contribution in [3.63, 3.8) is 0 Å². The molecule has 1 aliphatic heterocycles. The van der Waals surface area contributed by atoms with E-state index in [9.17, 15) is 45.6 Å². The second-order valence-electron chi connectivity index (χ2n) is 26.7. The zero-order chi connectivity index (χ0) is 50.8. The molecule has 70 heavy (non-hydrogen) atoms. The van der Waals surface area contributed by atoms with Gasteiger partial charge in [0, 0.05) is 6.42 Å². The first kappa shape index (κ1) is 56.8. The Morgan fingerprint density at radius 1 is 0.629 bits per heavy atom. The first-order valence-electron chi connectivity index (χ1n) is 29.1. The average Bonchev–Trinajstić information content (AvgIpc) is 3.69. The molecule has 12 heteroatoms. The number of aliphatic hydroxyl groups excluding tert-OH is 8. The Hall–Kier alpha value is -0.930. The monoisotopic (exact) mass is 990 g/mol. The van der Waals surface area contributed by atoms with E-state index >= 15 is 0 Å². The molecular formula is C58H103NO11. The van der Waals surface area contributed by atoms with E-state index in [1.54, 1.807) is 0 Å². The highest BCUT2D eigenvalue weighted by Gasteiger charge is 2.70. The lowest BCUT2D eigenvalue weighted by Gasteiger charge is -2.73. The summed E-state index contributed by atoms with van der Waals surface area (Å²) in [5.41, 5.74) is 1.37. The third kappa shape index (κ3) is 11.3. The molecule has 0 unspecified atom stereocenters. The molecule has 6 saturated carbocycles. The summed E-state index contributed by atoms with van der Waals surface area (Å²) in [7, 11) is 0. The molecule has 406 valence electrons. The fourth-order valence-corrected chi connectivity index (χ4v) is 18.3. The summed E-state index contributed by atoms with van der Waals surface area (Å²) < 4.78 is 11.5. The normalized spacial score (nSPS) is 42.3. The smallest absolute Gasteiger partial charge is 0.220 e. The number of hydrogen-bond donors (Lipinski definition) is 9. The van der Waals surface area contributed by atoms with Gasteiger partial charge in [0.1, 0.15) is 48.8 Å². The van der Waals surface area contributed by atoms with Crippen molar-refractivity contribution in [1.82, 2.24) is 5.32 Å². The van der Waals surface area contributed by atoms with Crippen LogP contribution < -0.4 is 5.32 Å². The molecule has 12 nitrogen and oxygen atoms in total. The molecule has 6 aliphatic carbocycles. The third-order valence-electron chi connectivity index (χ3n) is 22.6. The van der Waals surface area contributed by atoms with Crippen LogP contribution in [0.2, 0.25) is 0 Å². The largest absolute Gasteiger partial charge is 0.394 e. The molecular weight excluding hydrogens is 887 g/mol. The van der Waals surface area contributed by atoms with E-state index in [0.29, 0.717) is 29.1 Å². The van der Waals surface area contributed by atoms with E-state index in [2.05, 4.69) is 46.9 Å². The lowest BCUT2D eigenvalue weighted by molar-refractivity contribution is -0.278. The van der Waals surface area contributed by atoms with Gasteiger partial charge in [0.2, 0.25) is 5.91 Å². The highest BCUT2D eigenvalue weighted by molar-refractivity contribution is 5.76. The van der Waals surface area contributed by atoms with E-state index in [0.717, 1.165) is 62.7 Å². The van der Waals surface area contributed by atoms with E-state index < -0.39 is 74.4 Å². The van der Waals surface area contributed by atoms with Crippen molar-refractivity contribution in [2.45, 2.75) is 277 Å². The van der Waals surface area contributed by atoms with Crippen LogP contribution in [0.3, 0.4) is 0 Å². The number of hydrogen-bond acceptors (Lipinski definition) is 11. The van der Waals surface area contributed by atoms with Crippen molar-refractivity contribution in [1.29, 1.82) is 0 Å². The Morgan fingerprint density at radius 2 is 1.23 bits per heavy atom. The second-order valence-corrected chi connectivity index (χ2v) is 26.7. The lowest BCUT2D eigenvalue weighted by Crippen LogP contribution is -2.65. The number of amides is 1. The molecule has 7 fully saturated rings. The molecule has 9 N–H and O–H groups in total. The minimum Gasteiger partial charge on any atom is -0.394 e. The van der Waals surface area contributed by atoms with E-state index in [4.69, 9.17) is 9.47 Å². The first-order chi connectivity index (χ1) is 33.1. The van der Waals surface area contributed by atoms with Crippen LogP contribution in [0.4, 0.5) is 0 Å². The summed E-state index contributed by atoms with van der Waals surface area (Å²) in [4.78, 5) is 13.1. The maximum atomic E-state index is 13.1. The third-order valence-corrected chi connectivity index (χ3v) is 22.6. The Bertz CT molecular complexity index is 1660. The predicted molar refractivity (Wildman–Crippen MR) is 272 cm³/mol. The fraction of sp³-hybridized carbons (Fsp3) is 0.983. The molecule has 1 amide bonds. The Morgan fingerprint density at radius 3 is 1.89 bits per heavy atom. The molecule has 1 saturated heterocycles. The SMILES string of the molecule is C[C@H]([C@@H](O)[C@@H](O)[C@@H](O)[C@@H](O)[C@@H](O)CO[C@H]1O[C@H](CO)[C@@H](O)[C@H](O)[C@@H]1NC(=O)CCCCCCCCCCC1CCCCC1)[C@H]1CC[C@]2(C)[C@H]3CC[C@@H]4[C@@]5(C)CCCC(C)(C)[C@@H]5CC[C@@]4(C)[C@]3(C)CC[C@@H]12. The van der Waals surface area contributed by atoms with Crippen molar-refractivity contribution in [3.05, 3.63) is 0 Å². The number of nitrogens with one attached hydrogen (secondary N) is 1. The van der Waals surface area contributed by atoms with Crippen LogP contribution in [0.1, 0.15) is 215 Å². The topological polar surface area (TPSA) is 209 Å². The van der Waals surface area contributed by atoms with E-state index in [1.165, 1.54) is 109 Å². The van der Waals surface area contributed by atoms with Gasteiger partial charge in [0.05, 0.1) is 19.3 Å². The van der Waals surface area contributed by atoms with Gasteiger partial charge in [-0.2, -0.15) is 0 Å². The van der Waals surface area contributed by atoms with E-state index in [1.807, 2.05) is 6.92 Å². The van der Waals surface area contributed by atoms with Crippen LogP contribution in [0.15, 0.2) is 0 Å². The highest BCUT2D eigenvalue weighted by atomic mass is 16.7. The number of fused-ring (bicyclic) bond motifs is 7. The molecule has 0 aromatic carbocycles. The van der Waals surface area contributed by atoms with Gasteiger partial charge in [-0.3, -0.25) is 4.79 Å². The molecule has 0 aromatic rings. The minimum absolute atomic E-state index is 0.101. The summed E-state index contributed by atoms with van der Waals surface area (Å²) >= 11 is 0. The molecule has 0 aromatic heterocycles. The van der Waals surface area contributed by atoms with Gasteiger partial charge in [-0.15, -0.1) is 0 Å². The molecule has 7 aliphatic rings. The molecule has 0 bridgehead atoms. The number of ether oxygens (including phenoxy) is 2. The molecule has 7 rings (SSSR count). The van der Waals surface area contributed by atoms with Gasteiger partial charge in [0.25, 0.3) is 0 Å². The molecule has 0 spiro atoms. The maximum absolute atomic E-state index is 13.1. The quantitative estimate of drug-likeness (QED) is 0.0471. The molecule has 1 heterocycles. The lowest BCUT2D eigenvalue weighted by atomic mass is 9.32. The molecule has 0 radical (unpaired) electrons. The van der Waals surface area contributed by atoms with Gasteiger partial charge >= 0.3 is 0 Å². The minimum atomic E-state index is -1.92. The Balaban J connectivity index is 0.874. The predicted octanol–water partition coefficient (Wildman–Crippen LogP) is 8.34. The van der Waals surface area contributed by atoms with Crippen molar-refractivity contribution in [3.8, 4) is 0 Å². The number of rotatable bonds is 22. The zero-order valence-corrected chi connectivity index (χ0v) is 44.9. The summed E-state index contributed by atoms with van der Waals surface area (Å²) in [5.74, 6) is 2.77. The van der Waals surface area contributed by atoms with Crippen LogP contribution >= 0.6 is 0 Å². The van der Waals surface area contributed by atoms with Crippen LogP contribution in [0.25, 0.3) is 0 Å². The number of aliphatic hydroxyl groups is 8. The Kier molecular flexibility index (Phi) is 19.1. The summed E-state index contributed by atoms with van der Waals surface area (Å²) in [5, 5.41) is 91.1.